The number of hydrogen-bond acceptors (Lipinski definition) is 23. The molecule has 1 aromatic carbocycles. The first kappa shape index (κ1) is 46.4. The van der Waals surface area contributed by atoms with Gasteiger partial charge in [-0.2, -0.15) is 0 Å². The van der Waals surface area contributed by atoms with Crippen molar-refractivity contribution in [2.24, 2.45) is 15.4 Å². The molecule has 334 valence electrons. The van der Waals surface area contributed by atoms with E-state index in [4.69, 9.17) is 47.4 Å². The van der Waals surface area contributed by atoms with Gasteiger partial charge < -0.3 is 47.4 Å². The second-order valence-electron chi connectivity index (χ2n) is 14.1. The van der Waals surface area contributed by atoms with E-state index in [1.54, 1.807) is 24.3 Å². The molecule has 0 bridgehead atoms. The monoisotopic (exact) mass is 872 g/mol. The predicted octanol–water partition coefficient (Wildman–Crippen LogP) is 0.973. The van der Waals surface area contributed by atoms with Crippen molar-refractivity contribution in [3.8, 4) is 11.3 Å². The van der Waals surface area contributed by atoms with Crippen LogP contribution >= 0.6 is 0 Å². The van der Waals surface area contributed by atoms with E-state index in [0.29, 0.717) is 11.1 Å². The Balaban J connectivity index is 1.53. The fraction of sp³-hybridized carbons (Fsp3) is 0.553. The maximum atomic E-state index is 12.6. The third kappa shape index (κ3) is 11.0. The van der Waals surface area contributed by atoms with Gasteiger partial charge in [-0.3, -0.25) is 38.4 Å². The van der Waals surface area contributed by atoms with Gasteiger partial charge in [-0.15, -0.1) is 15.3 Å². The Bertz CT molecular complexity index is 2090. The molecule has 1 aromatic heterocycles. The summed E-state index contributed by atoms with van der Waals surface area (Å²) in [5, 5.41) is 20.6. The first-order valence-corrected chi connectivity index (χ1v) is 18.9. The summed E-state index contributed by atoms with van der Waals surface area (Å²) >= 11 is 0. The zero-order valence-corrected chi connectivity index (χ0v) is 34.7. The molecule has 2 fully saturated rings. The van der Waals surface area contributed by atoms with Crippen LogP contribution in [0.1, 0.15) is 67.2 Å². The molecular formula is C38H44N6O18. The summed E-state index contributed by atoms with van der Waals surface area (Å²) in [6.45, 7) is 7.96. The summed E-state index contributed by atoms with van der Waals surface area (Å²) in [5.74, 6) is -6.26. The van der Waals surface area contributed by atoms with E-state index < -0.39 is 128 Å². The Morgan fingerprint density at radius 2 is 1.03 bits per heavy atom. The van der Waals surface area contributed by atoms with Gasteiger partial charge >= 0.3 is 47.8 Å². The summed E-state index contributed by atoms with van der Waals surface area (Å²) in [5.41, 5.74) is -0.681. The Hall–Kier alpha value is -6.69. The lowest BCUT2D eigenvalue weighted by molar-refractivity contribution is -0.270. The van der Waals surface area contributed by atoms with Gasteiger partial charge in [-0.05, 0) is 10.8 Å². The molecule has 2 saturated heterocycles. The highest BCUT2D eigenvalue weighted by Gasteiger charge is 2.60. The third-order valence-corrected chi connectivity index (χ3v) is 9.32. The zero-order valence-electron chi connectivity index (χ0n) is 34.7. The molecular weight excluding hydrogens is 828 g/mol. The van der Waals surface area contributed by atoms with Crippen LogP contribution in [0.2, 0.25) is 0 Å². The van der Waals surface area contributed by atoms with Crippen molar-refractivity contribution in [1.29, 1.82) is 0 Å². The lowest BCUT2D eigenvalue weighted by Gasteiger charge is -2.48. The third-order valence-electron chi connectivity index (χ3n) is 9.32. The van der Waals surface area contributed by atoms with E-state index in [-0.39, 0.29) is 5.69 Å². The molecule has 2 aromatic rings. The van der Waals surface area contributed by atoms with E-state index in [0.717, 1.165) is 55.4 Å². The number of nitrogens with zero attached hydrogens (tertiary/aromatic N) is 6. The summed E-state index contributed by atoms with van der Waals surface area (Å²) in [4.78, 5) is 97.8. The van der Waals surface area contributed by atoms with Crippen LogP contribution in [0.25, 0.3) is 11.3 Å². The maximum Gasteiger partial charge on any atom is 0.303 e. The highest BCUT2D eigenvalue weighted by atomic mass is 16.7. The zero-order chi connectivity index (χ0) is 45.5. The van der Waals surface area contributed by atoms with Gasteiger partial charge in [0.15, 0.2) is 48.4 Å². The van der Waals surface area contributed by atoms with Gasteiger partial charge in [0.05, 0.1) is 12.4 Å². The SMILES string of the molecule is CC(=O)OC[C@H]1O[C@@H](C2(c3ccc(-c4cn([C@H]5O[C@H](COC(C)=O)[C@@H](OC(C)=O)[C@H](OC(C)=O)[C@@H]5OC(C)=O)nn4)cc3)C=NN=N2)[C@H](OC(C)=O)[C@H](OC(C)=O)[C@@H]1OC(C)=O. The molecule has 0 spiro atoms. The fourth-order valence-corrected chi connectivity index (χ4v) is 7.11. The molecule has 24 heteroatoms. The largest absolute Gasteiger partial charge is 0.463 e. The first-order valence-electron chi connectivity index (χ1n) is 18.9. The number of hydrogen-bond donors (Lipinski definition) is 0. The topological polar surface area (TPSA) is 297 Å². The van der Waals surface area contributed by atoms with E-state index in [2.05, 4.69) is 25.8 Å². The molecule has 5 rings (SSSR count). The van der Waals surface area contributed by atoms with Crippen LogP contribution in [0.15, 0.2) is 45.9 Å². The van der Waals surface area contributed by atoms with Gasteiger partial charge in [0, 0.05) is 61.0 Å². The van der Waals surface area contributed by atoms with E-state index >= 15 is 0 Å². The van der Waals surface area contributed by atoms with Crippen LogP contribution in [0.4, 0.5) is 0 Å². The van der Waals surface area contributed by atoms with E-state index in [1.165, 1.54) is 17.1 Å². The molecule has 4 heterocycles. The van der Waals surface area contributed by atoms with Crippen LogP contribution < -0.4 is 0 Å². The van der Waals surface area contributed by atoms with Crippen molar-refractivity contribution in [3.63, 3.8) is 0 Å². The minimum atomic E-state index is -1.70. The highest BCUT2D eigenvalue weighted by Crippen LogP contribution is 2.43. The molecule has 0 saturated carbocycles. The van der Waals surface area contributed by atoms with Gasteiger partial charge in [0.2, 0.25) is 0 Å². The van der Waals surface area contributed by atoms with Crippen molar-refractivity contribution < 1.29 is 85.7 Å². The van der Waals surface area contributed by atoms with Crippen LogP contribution in [0.3, 0.4) is 0 Å². The van der Waals surface area contributed by atoms with Gasteiger partial charge in [0.1, 0.15) is 37.2 Å². The summed E-state index contributed by atoms with van der Waals surface area (Å²) in [7, 11) is 0. The van der Waals surface area contributed by atoms with Gasteiger partial charge in [-0.1, -0.05) is 29.5 Å². The summed E-state index contributed by atoms with van der Waals surface area (Å²) in [6, 6.07) is 6.39. The van der Waals surface area contributed by atoms with Crippen molar-refractivity contribution in [2.45, 2.75) is 122 Å². The summed E-state index contributed by atoms with van der Waals surface area (Å²) < 4.78 is 57.4. The predicted molar refractivity (Wildman–Crippen MR) is 200 cm³/mol. The second kappa shape index (κ2) is 19.8. The average Bonchev–Trinajstić information content (AvgIpc) is 3.87. The van der Waals surface area contributed by atoms with Crippen LogP contribution in [-0.4, -0.2) is 137 Å². The van der Waals surface area contributed by atoms with Crippen molar-refractivity contribution in [2.75, 3.05) is 13.2 Å². The number of rotatable bonds is 14. The molecule has 0 N–H and O–H groups in total. The average molecular weight is 873 g/mol. The molecule has 11 atom stereocenters. The molecule has 62 heavy (non-hydrogen) atoms. The Morgan fingerprint density at radius 1 is 0.581 bits per heavy atom. The number of ether oxygens (including phenoxy) is 10. The molecule has 0 radical (unpaired) electrons. The standard InChI is InChI=1S/C38H44N6O18/c1-17(45)53-14-28-30(55-19(3)47)32(57-21(5)49)34(59-23(7)51)36(61-28)38(16-39-42-41-38)26-11-9-25(10-12-26)27-13-44(43-40-27)37-35(60-24(8)52)33(58-22(6)50)31(56-20(4)48)29(62-37)15-54-18(2)46/h9-13,16,28-37H,14-15H2,1-8H3/t28-,29-,30-,31-,32-,33+,34-,35+,36-,37+,38?/m1/s1. The van der Waals surface area contributed by atoms with Crippen molar-refractivity contribution in [1.82, 2.24) is 15.0 Å². The highest BCUT2D eigenvalue weighted by molar-refractivity contribution is 5.77. The molecule has 24 nitrogen and oxygen atoms in total. The minimum Gasteiger partial charge on any atom is -0.463 e. The van der Waals surface area contributed by atoms with E-state index in [1.807, 2.05) is 0 Å². The number of aromatic nitrogens is 3. The number of carbonyl (C=O) groups is 8. The first-order chi connectivity index (χ1) is 29.3. The minimum absolute atomic E-state index is 0.229. The quantitative estimate of drug-likeness (QED) is 0.189. The molecule has 3 aliphatic rings. The summed E-state index contributed by atoms with van der Waals surface area (Å²) in [6.07, 6.45) is -11.3. The Morgan fingerprint density at radius 3 is 1.50 bits per heavy atom. The van der Waals surface area contributed by atoms with Crippen LogP contribution in [0, 0.1) is 0 Å². The van der Waals surface area contributed by atoms with Crippen LogP contribution in [0.5, 0.6) is 0 Å². The molecule has 1 unspecified atom stereocenters. The van der Waals surface area contributed by atoms with E-state index in [9.17, 15) is 38.4 Å². The lowest BCUT2D eigenvalue weighted by Crippen LogP contribution is -2.66. The van der Waals surface area contributed by atoms with Gasteiger partial charge in [0.25, 0.3) is 0 Å². The number of benzene rings is 1. The lowest BCUT2D eigenvalue weighted by atomic mass is 9.78. The Labute approximate surface area is 352 Å². The number of carbonyl (C=O) groups excluding carboxylic acids is 8. The van der Waals surface area contributed by atoms with Crippen molar-refractivity contribution in [3.05, 3.63) is 36.0 Å². The van der Waals surface area contributed by atoms with Crippen molar-refractivity contribution >= 4 is 54.0 Å². The fourth-order valence-electron chi connectivity index (χ4n) is 7.11. The maximum absolute atomic E-state index is 12.6. The molecule has 3 aliphatic heterocycles. The second-order valence-corrected chi connectivity index (χ2v) is 14.1. The van der Waals surface area contributed by atoms with Gasteiger partial charge in [-0.25, -0.2) is 4.68 Å². The normalized spacial score (nSPS) is 28.8. The molecule has 0 aliphatic carbocycles. The molecule has 0 amide bonds. The smallest absolute Gasteiger partial charge is 0.303 e. The number of esters is 8. The van der Waals surface area contributed by atoms with Crippen LogP contribution in [-0.2, 0) is 91.3 Å². The Kier molecular flexibility index (Phi) is 14.8.